The van der Waals surface area contributed by atoms with Gasteiger partial charge in [-0.1, -0.05) is 35.9 Å². The molecular weight excluding hydrogens is 422 g/mol. The molecule has 0 fully saturated rings. The predicted octanol–water partition coefficient (Wildman–Crippen LogP) is 5.78. The summed E-state index contributed by atoms with van der Waals surface area (Å²) in [5, 5.41) is 12.9. The molecule has 0 bridgehead atoms. The molecule has 1 aromatic heterocycles. The van der Waals surface area contributed by atoms with Gasteiger partial charge in [-0.3, -0.25) is 9.79 Å². The minimum atomic E-state index is -0.282. The molecule has 4 rings (SSSR count). The Morgan fingerprint density at radius 1 is 0.969 bits per heavy atom. The zero-order valence-corrected chi connectivity index (χ0v) is 19.2. The topological polar surface area (TPSA) is 57.8 Å². The zero-order chi connectivity index (χ0) is 23.0. The molecule has 162 valence electrons. The number of pyridine rings is 1. The molecule has 0 amide bonds. The van der Waals surface area contributed by atoms with Gasteiger partial charge in [0.25, 0.3) is 5.56 Å². The summed E-state index contributed by atoms with van der Waals surface area (Å²) in [6, 6.07) is 18.4. The van der Waals surface area contributed by atoms with E-state index in [4.69, 9.17) is 11.6 Å². The normalized spacial score (nSPS) is 11.4. The van der Waals surface area contributed by atoms with Crippen molar-refractivity contribution in [2.75, 3.05) is 19.0 Å². The van der Waals surface area contributed by atoms with Crippen LogP contribution in [0.15, 0.2) is 70.5 Å². The fourth-order valence-corrected chi connectivity index (χ4v) is 3.87. The highest BCUT2D eigenvalue weighted by Crippen LogP contribution is 2.32. The average molecular weight is 446 g/mol. The second-order valence-electron chi connectivity index (χ2n) is 7.98. The number of benzene rings is 3. The van der Waals surface area contributed by atoms with Crippen LogP contribution >= 0.6 is 11.6 Å². The molecule has 0 spiro atoms. The number of nitrogens with zero attached hydrogens (tertiary/aromatic N) is 3. The summed E-state index contributed by atoms with van der Waals surface area (Å²) in [5.74, 6) is -0.158. The number of halogens is 1. The number of hydrogen-bond acceptors (Lipinski definition) is 4. The smallest absolute Gasteiger partial charge is 0.265 e. The van der Waals surface area contributed by atoms with Crippen molar-refractivity contribution in [1.29, 1.82) is 0 Å². The van der Waals surface area contributed by atoms with Gasteiger partial charge in [-0.2, -0.15) is 0 Å². The molecule has 0 radical (unpaired) electrons. The third kappa shape index (κ3) is 3.87. The third-order valence-corrected chi connectivity index (χ3v) is 5.84. The monoisotopic (exact) mass is 445 g/mol. The van der Waals surface area contributed by atoms with E-state index in [1.165, 1.54) is 4.57 Å². The van der Waals surface area contributed by atoms with Gasteiger partial charge in [-0.15, -0.1) is 0 Å². The molecule has 4 aromatic rings. The molecule has 0 saturated carbocycles. The predicted molar refractivity (Wildman–Crippen MR) is 134 cm³/mol. The molecule has 0 aliphatic rings. The number of aryl methyl sites for hydroxylation is 2. The Bertz CT molecular complexity index is 1420. The van der Waals surface area contributed by atoms with Gasteiger partial charge in [-0.25, -0.2) is 4.57 Å². The first kappa shape index (κ1) is 21.7. The minimum absolute atomic E-state index is 0.158. The van der Waals surface area contributed by atoms with Crippen molar-refractivity contribution in [1.82, 2.24) is 4.57 Å². The van der Waals surface area contributed by atoms with Crippen molar-refractivity contribution in [2.45, 2.75) is 13.8 Å². The van der Waals surface area contributed by atoms with Gasteiger partial charge in [0.1, 0.15) is 0 Å². The Kier molecular flexibility index (Phi) is 5.76. The maximum atomic E-state index is 13.3. The molecular formula is C26H24ClN3O2. The summed E-state index contributed by atoms with van der Waals surface area (Å²) in [7, 11) is 3.85. The number of aliphatic imine (C=N–C) groups is 1. The van der Waals surface area contributed by atoms with E-state index < -0.39 is 0 Å². The Morgan fingerprint density at radius 3 is 2.38 bits per heavy atom. The summed E-state index contributed by atoms with van der Waals surface area (Å²) in [6.45, 7) is 3.99. The van der Waals surface area contributed by atoms with Crippen molar-refractivity contribution >= 4 is 40.0 Å². The van der Waals surface area contributed by atoms with Gasteiger partial charge < -0.3 is 10.0 Å². The molecule has 0 aliphatic carbocycles. The number of fused-ring (bicyclic) bond motifs is 1. The van der Waals surface area contributed by atoms with Gasteiger partial charge in [-0.05, 0) is 61.4 Å². The van der Waals surface area contributed by atoms with E-state index in [9.17, 15) is 9.90 Å². The number of rotatable bonds is 4. The van der Waals surface area contributed by atoms with Crippen LogP contribution in [0.5, 0.6) is 5.88 Å². The maximum absolute atomic E-state index is 13.3. The van der Waals surface area contributed by atoms with Crippen LogP contribution in [-0.4, -0.2) is 30.0 Å². The fraction of sp³-hybridized carbons (Fsp3) is 0.154. The molecule has 0 atom stereocenters. The maximum Gasteiger partial charge on any atom is 0.265 e. The molecule has 1 heterocycles. The molecule has 1 N–H and O–H groups in total. The highest BCUT2D eigenvalue weighted by atomic mass is 35.5. The van der Waals surface area contributed by atoms with Crippen LogP contribution in [-0.2, 0) is 0 Å². The van der Waals surface area contributed by atoms with Gasteiger partial charge in [0.15, 0.2) is 0 Å². The molecule has 0 aliphatic heterocycles. The lowest BCUT2D eigenvalue weighted by atomic mass is 10.1. The fourth-order valence-electron chi connectivity index (χ4n) is 3.71. The van der Waals surface area contributed by atoms with E-state index in [0.717, 1.165) is 16.8 Å². The van der Waals surface area contributed by atoms with E-state index in [-0.39, 0.29) is 11.4 Å². The van der Waals surface area contributed by atoms with Crippen LogP contribution in [0.4, 0.5) is 11.4 Å². The van der Waals surface area contributed by atoms with Crippen molar-refractivity contribution in [3.05, 3.63) is 92.7 Å². The van der Waals surface area contributed by atoms with Gasteiger partial charge in [0.05, 0.1) is 22.6 Å². The Morgan fingerprint density at radius 2 is 1.69 bits per heavy atom. The van der Waals surface area contributed by atoms with Crippen molar-refractivity contribution < 1.29 is 5.11 Å². The SMILES string of the molecule is Cc1ccc(-n2c(O)c(C=Nc3cc(Cl)ccc3N(C)C)c3ccccc3c2=O)cc1C. The lowest BCUT2D eigenvalue weighted by molar-refractivity contribution is 0.436. The molecule has 32 heavy (non-hydrogen) atoms. The minimum Gasteiger partial charge on any atom is -0.494 e. The second-order valence-corrected chi connectivity index (χ2v) is 8.41. The Labute approximate surface area is 191 Å². The van der Waals surface area contributed by atoms with E-state index in [1.54, 1.807) is 18.3 Å². The number of aromatic nitrogens is 1. The van der Waals surface area contributed by atoms with Crippen molar-refractivity contribution in [3.63, 3.8) is 0 Å². The highest BCUT2D eigenvalue weighted by molar-refractivity contribution is 6.31. The average Bonchev–Trinajstić information content (AvgIpc) is 2.76. The van der Waals surface area contributed by atoms with Crippen LogP contribution in [0.3, 0.4) is 0 Å². The third-order valence-electron chi connectivity index (χ3n) is 5.60. The second kappa shape index (κ2) is 8.52. The lowest BCUT2D eigenvalue weighted by Gasteiger charge is -2.16. The first-order valence-corrected chi connectivity index (χ1v) is 10.6. The van der Waals surface area contributed by atoms with Crippen LogP contribution in [0, 0.1) is 13.8 Å². The lowest BCUT2D eigenvalue weighted by Crippen LogP contribution is -2.20. The van der Waals surface area contributed by atoms with E-state index in [1.807, 2.05) is 81.4 Å². The molecule has 0 saturated heterocycles. The standard InChI is InChI=1S/C26H24ClN3O2/c1-16-9-11-19(13-17(16)2)30-25(31)21-8-6-5-7-20(21)22(26(30)32)15-28-23-14-18(27)10-12-24(23)29(3)4/h5-15,32H,1-4H3. The number of anilines is 1. The van der Waals surface area contributed by atoms with Crippen LogP contribution in [0.1, 0.15) is 16.7 Å². The quantitative estimate of drug-likeness (QED) is 0.405. The Balaban J connectivity index is 1.98. The first-order chi connectivity index (χ1) is 15.3. The van der Waals surface area contributed by atoms with Gasteiger partial charge in [0.2, 0.25) is 5.88 Å². The number of aromatic hydroxyl groups is 1. The van der Waals surface area contributed by atoms with E-state index in [2.05, 4.69) is 4.99 Å². The largest absolute Gasteiger partial charge is 0.494 e. The summed E-state index contributed by atoms with van der Waals surface area (Å²) in [5.41, 5.74) is 4.48. The molecule has 0 unspecified atom stereocenters. The molecule has 6 heteroatoms. The Hall–Kier alpha value is -3.57. The van der Waals surface area contributed by atoms with Gasteiger partial charge in [0, 0.05) is 36.1 Å². The molecule has 5 nitrogen and oxygen atoms in total. The first-order valence-electron chi connectivity index (χ1n) is 10.2. The van der Waals surface area contributed by atoms with Gasteiger partial charge >= 0.3 is 0 Å². The number of hydrogen-bond donors (Lipinski definition) is 1. The summed E-state index contributed by atoms with van der Waals surface area (Å²) < 4.78 is 1.33. The zero-order valence-electron chi connectivity index (χ0n) is 18.4. The molecule has 3 aromatic carbocycles. The van der Waals surface area contributed by atoms with Crippen molar-refractivity contribution in [2.24, 2.45) is 4.99 Å². The van der Waals surface area contributed by atoms with E-state index in [0.29, 0.717) is 32.7 Å². The van der Waals surface area contributed by atoms with Crippen LogP contribution < -0.4 is 10.5 Å². The summed E-state index contributed by atoms with van der Waals surface area (Å²) >= 11 is 6.20. The summed E-state index contributed by atoms with van der Waals surface area (Å²) in [6.07, 6.45) is 1.59. The highest BCUT2D eigenvalue weighted by Gasteiger charge is 2.17. The van der Waals surface area contributed by atoms with E-state index >= 15 is 0 Å². The van der Waals surface area contributed by atoms with Crippen LogP contribution in [0.2, 0.25) is 5.02 Å². The summed E-state index contributed by atoms with van der Waals surface area (Å²) in [4.78, 5) is 19.9. The van der Waals surface area contributed by atoms with Crippen molar-refractivity contribution in [3.8, 4) is 11.6 Å². The van der Waals surface area contributed by atoms with Crippen LogP contribution in [0.25, 0.3) is 16.5 Å².